The van der Waals surface area contributed by atoms with E-state index in [0.29, 0.717) is 57.2 Å². The maximum atomic E-state index is 11.9. The first kappa shape index (κ1) is 92.9. The van der Waals surface area contributed by atoms with E-state index in [1.165, 1.54) is 22.5 Å². The van der Waals surface area contributed by atoms with E-state index < -0.39 is 10.0 Å². The van der Waals surface area contributed by atoms with Crippen molar-refractivity contribution >= 4 is 66.4 Å². The lowest BCUT2D eigenvalue weighted by atomic mass is 9.83. The van der Waals surface area contributed by atoms with Gasteiger partial charge in [-0.05, 0) is 89.5 Å². The van der Waals surface area contributed by atoms with Crippen molar-refractivity contribution in [3.05, 3.63) is 171 Å². The molecule has 0 radical (unpaired) electrons. The fourth-order valence-corrected chi connectivity index (χ4v) is 10.1. The molecule has 0 amide bonds. The fraction of sp³-hybridized carbons (Fsp3) is 0.573. The lowest BCUT2D eigenvalue weighted by molar-refractivity contribution is -0.0559. The molecule has 1 fully saturated rings. The lowest BCUT2D eigenvalue weighted by Gasteiger charge is -2.44. The van der Waals surface area contributed by atoms with Crippen LogP contribution in [0.15, 0.2) is 156 Å². The average Bonchev–Trinajstić information content (AvgIpc) is 0.585. The molecule has 104 heavy (non-hydrogen) atoms. The average molecular weight is 1450 g/mol. The molecule has 2 aromatic heterocycles. The molecule has 0 bridgehead atoms. The van der Waals surface area contributed by atoms with E-state index >= 15 is 0 Å². The summed E-state index contributed by atoms with van der Waals surface area (Å²) in [5, 5.41) is 11.4. The molecule has 578 valence electrons. The van der Waals surface area contributed by atoms with Gasteiger partial charge in [-0.2, -0.15) is 8.42 Å². The Morgan fingerprint density at radius 1 is 0.394 bits per heavy atom. The van der Waals surface area contributed by atoms with Crippen molar-refractivity contribution in [2.24, 2.45) is 57.7 Å². The van der Waals surface area contributed by atoms with Crippen LogP contribution >= 0.6 is 0 Å². The maximum Gasteiger partial charge on any atom is 0.286 e. The van der Waals surface area contributed by atoms with Gasteiger partial charge in [0.2, 0.25) is 0 Å². The second-order valence-electron chi connectivity index (χ2n) is 41.2. The van der Waals surface area contributed by atoms with Gasteiger partial charge in [-0.25, -0.2) is 4.98 Å². The Bertz CT molecular complexity index is 4020. The zero-order chi connectivity index (χ0) is 80.6. The maximum absolute atomic E-state index is 11.9. The minimum atomic E-state index is -3.55. The van der Waals surface area contributed by atoms with Crippen molar-refractivity contribution in [3.63, 3.8) is 0 Å². The quantitative estimate of drug-likeness (QED) is 0.0982. The largest absolute Gasteiger partial charge is 0.375 e. The number of benzene rings is 5. The number of nitrogens with zero attached hydrogens (tertiary/aromatic N) is 4. The van der Waals surface area contributed by atoms with E-state index in [1.807, 2.05) is 84.0 Å². The van der Waals surface area contributed by atoms with Crippen LogP contribution in [-0.4, -0.2) is 54.1 Å². The molecule has 7 aromatic rings. The number of para-hydroxylation sites is 5. The Hall–Kier alpha value is -7.23. The van der Waals surface area contributed by atoms with Gasteiger partial charge < -0.3 is 30.7 Å². The Kier molecular flexibility index (Phi) is 32.1. The minimum Gasteiger partial charge on any atom is -0.375 e. The van der Waals surface area contributed by atoms with E-state index in [1.54, 1.807) is 36.4 Å². The number of rotatable bonds is 0. The third-order valence-corrected chi connectivity index (χ3v) is 14.9. The van der Waals surface area contributed by atoms with E-state index in [4.69, 9.17) is 14.7 Å². The predicted molar refractivity (Wildman–Crippen MR) is 454 cm³/mol. The first-order chi connectivity index (χ1) is 46.6. The molecule has 11 rings (SSSR count). The number of amidine groups is 3. The van der Waals surface area contributed by atoms with Gasteiger partial charge in [0.15, 0.2) is 5.43 Å². The van der Waals surface area contributed by atoms with Gasteiger partial charge in [0.1, 0.15) is 33.8 Å². The van der Waals surface area contributed by atoms with Crippen molar-refractivity contribution in [1.29, 1.82) is 0 Å². The third-order valence-electron chi connectivity index (χ3n) is 13.5. The molecule has 1 saturated heterocycles. The predicted octanol–water partition coefficient (Wildman–Crippen LogP) is 24.1. The topological polar surface area (TPSA) is 195 Å². The van der Waals surface area contributed by atoms with Crippen LogP contribution in [0, 0.1) is 43.3 Å². The Balaban J connectivity index is 0.000000408. The van der Waals surface area contributed by atoms with E-state index in [9.17, 15) is 18.0 Å². The second kappa shape index (κ2) is 35.9. The number of sulfonamides is 1. The zero-order valence-electron chi connectivity index (χ0n) is 71.8. The Labute approximate surface area is 631 Å². The fourth-order valence-electron chi connectivity index (χ4n) is 8.76. The summed E-state index contributed by atoms with van der Waals surface area (Å²) in [6.07, 6.45) is 0. The van der Waals surface area contributed by atoms with Crippen LogP contribution in [0.3, 0.4) is 0 Å². The molecule has 4 aliphatic rings. The molecule has 0 atom stereocenters. The van der Waals surface area contributed by atoms with Gasteiger partial charge in [0.25, 0.3) is 15.6 Å². The second-order valence-corrected chi connectivity index (χ2v) is 42.7. The van der Waals surface area contributed by atoms with E-state index in [-0.39, 0.29) is 54.0 Å². The molecule has 15 heteroatoms. The van der Waals surface area contributed by atoms with Crippen molar-refractivity contribution in [2.45, 2.75) is 283 Å². The Morgan fingerprint density at radius 2 is 0.760 bits per heavy atom. The number of aromatic amines is 2. The zero-order valence-corrected chi connectivity index (χ0v) is 72.6. The molecule has 4 aliphatic heterocycles. The number of hydrogen-bond donors (Lipinski definition) is 5. The number of anilines is 3. The highest BCUT2D eigenvalue weighted by atomic mass is 32.2. The molecular weight excluding hydrogens is 1310 g/mol. The first-order valence-corrected chi connectivity index (χ1v) is 38.4. The van der Waals surface area contributed by atoms with Gasteiger partial charge in [-0.15, -0.1) is 4.40 Å². The monoisotopic (exact) mass is 1450 g/mol. The first-order valence-electron chi connectivity index (χ1n) is 36.9. The molecule has 1 spiro atoms. The van der Waals surface area contributed by atoms with Crippen molar-refractivity contribution in [3.8, 4) is 0 Å². The number of pyridine rings is 1. The summed E-state index contributed by atoms with van der Waals surface area (Å²) in [6.45, 7) is 80.7. The van der Waals surface area contributed by atoms with Gasteiger partial charge >= 0.3 is 0 Å². The normalized spacial score (nSPS) is 15.5. The minimum absolute atomic E-state index is 0.0246. The summed E-state index contributed by atoms with van der Waals surface area (Å²) in [4.78, 5) is 44.1. The number of ether oxygens (including phenoxy) is 1. The highest BCUT2D eigenvalue weighted by Gasteiger charge is 2.46. The van der Waals surface area contributed by atoms with E-state index in [2.05, 4.69) is 298 Å². The molecule has 0 unspecified atom stereocenters. The molecule has 5 N–H and O–H groups in total. The Morgan fingerprint density at radius 3 is 1.18 bits per heavy atom. The number of nitrogens with one attached hydrogen (secondary N) is 5. The highest BCUT2D eigenvalue weighted by Crippen LogP contribution is 2.43. The van der Waals surface area contributed by atoms with Gasteiger partial charge in [-0.1, -0.05) is 315 Å². The summed E-state index contributed by atoms with van der Waals surface area (Å²) in [5.74, 6) is 3.33. The number of hydrogen-bond acceptors (Lipinski definition) is 11. The summed E-state index contributed by atoms with van der Waals surface area (Å²) in [7, 11) is -3.55. The van der Waals surface area contributed by atoms with E-state index in [0.717, 1.165) is 39.6 Å². The summed E-state index contributed by atoms with van der Waals surface area (Å²) < 4.78 is 33.0. The van der Waals surface area contributed by atoms with Crippen molar-refractivity contribution in [2.75, 3.05) is 29.2 Å². The number of aromatic nitrogens is 3. The lowest BCUT2D eigenvalue weighted by Crippen LogP contribution is -2.50. The van der Waals surface area contributed by atoms with Crippen molar-refractivity contribution in [1.82, 2.24) is 15.0 Å². The number of aliphatic imine (C=N–C) groups is 2. The molecule has 5 aromatic carbocycles. The standard InChI is InChI=1S/C14H18N2O.C14H20N2.C13H15NO.C12H14N2O.C11H14N2O2S.5C5H12/c1-13(2,3)12-15-11-7-5-4-6-10(11)14(16-12)8-17-9-14;1-13(2,3)12-15-11-9-7-6-8-10(11)14(4,5)16-12;1-13(2,3)12-8-11(15)9-6-4-5-7-10(9)14-12;1-12(2,3)11-13-9-7-5-4-6-8(9)10(15)14-11;1-11(2,3)10-12-8-6-4-5-7-9(8)16(14,15)13-10;5*1-5(2,3)4/h4-7H,8-9H2,1-3H3,(H,15,16);6-9H,1-5H3,(H,15,16);4-8H,1-3H3,(H,14,15);4-7H,1-3H3,(H,13,14,15);4-7H,1-3H3,(H,12,13);5*1-4H3. The van der Waals surface area contributed by atoms with Gasteiger partial charge in [0, 0.05) is 72.2 Å². The summed E-state index contributed by atoms with van der Waals surface area (Å²) in [5.41, 5.74) is 10.0. The van der Waals surface area contributed by atoms with Gasteiger partial charge in [-0.3, -0.25) is 19.6 Å². The smallest absolute Gasteiger partial charge is 0.286 e. The number of fused-ring (bicyclic) bond motifs is 6. The van der Waals surface area contributed by atoms with Crippen LogP contribution in [0.2, 0.25) is 0 Å². The molecule has 0 aliphatic carbocycles. The van der Waals surface area contributed by atoms with Gasteiger partial charge in [0.05, 0.1) is 35.3 Å². The van der Waals surface area contributed by atoms with Crippen LogP contribution in [0.25, 0.3) is 21.8 Å². The summed E-state index contributed by atoms with van der Waals surface area (Å²) in [6, 6.07) is 40.3. The summed E-state index contributed by atoms with van der Waals surface area (Å²) >= 11 is 0. The SMILES string of the molecule is CC(C)(C)C.CC(C)(C)C.CC(C)(C)C.CC(C)(C)C.CC(C)(C)C.CC(C)(C)C1=NC(C)(C)c2ccccc2N1.CC(C)(C)C1=NC2(COC2)c2ccccc2N1.CC(C)(C)C1=NS(=O)(=O)c2ccccc2N1.CC(C)(C)c1cc(=O)c2ccccc2[nH]1.CC(C)(C)c1nc2ccccc2c(=O)[nH]1. The van der Waals surface area contributed by atoms with Crippen LogP contribution in [0.4, 0.5) is 17.1 Å². The molecular formula is C89H141N9O5S. The molecule has 0 saturated carbocycles. The third kappa shape index (κ3) is 34.8. The van der Waals surface area contributed by atoms with Crippen LogP contribution in [0.5, 0.6) is 0 Å². The number of H-pyrrole nitrogens is 2. The van der Waals surface area contributed by atoms with Crippen LogP contribution < -0.4 is 26.9 Å². The van der Waals surface area contributed by atoms with Crippen LogP contribution in [0.1, 0.15) is 279 Å². The van der Waals surface area contributed by atoms with Crippen LogP contribution in [-0.2, 0) is 36.7 Å². The van der Waals surface area contributed by atoms with Crippen molar-refractivity contribution < 1.29 is 13.2 Å². The molecule has 14 nitrogen and oxygen atoms in total. The highest BCUT2D eigenvalue weighted by molar-refractivity contribution is 7.90. The molecule has 6 heterocycles.